The number of thioether (sulfide) groups is 1. The molecule has 1 aromatic heterocycles. The number of aromatic amines is 1. The Morgan fingerprint density at radius 1 is 1.18 bits per heavy atom. The molecule has 0 bridgehead atoms. The molecule has 1 unspecified atom stereocenters. The van der Waals surface area contributed by atoms with Crippen LogP contribution in [0.25, 0.3) is 11.0 Å². The monoisotopic (exact) mass is 338 g/mol. The topological polar surface area (TPSA) is 47.1 Å². The number of hydrogen-bond donors (Lipinski definition) is 1. The van der Waals surface area contributed by atoms with Gasteiger partial charge in [-0.25, -0.2) is 4.98 Å². The first-order valence-electron chi connectivity index (χ1n) is 7.98. The van der Waals surface area contributed by atoms with Gasteiger partial charge in [-0.15, -0.1) is 11.8 Å². The number of nitrogens with one attached hydrogen (secondary N) is 1. The number of nitrogens with zero attached hydrogens (tertiary/aromatic N) is 1. The second-order valence-corrected chi connectivity index (χ2v) is 10.1. The Labute approximate surface area is 138 Å². The zero-order valence-electron chi connectivity index (χ0n) is 13.9. The van der Waals surface area contributed by atoms with Crippen molar-refractivity contribution in [3.05, 3.63) is 30.1 Å². The molecule has 0 saturated carbocycles. The minimum Gasteiger partial charge on any atom is -0.394 e. The Morgan fingerprint density at radius 2 is 1.86 bits per heavy atom. The molecule has 0 saturated heterocycles. The van der Waals surface area contributed by atoms with E-state index in [9.17, 15) is 0 Å². The van der Waals surface area contributed by atoms with Gasteiger partial charge < -0.3 is 13.8 Å². The Hall–Kier alpha value is -0.823. The minimum atomic E-state index is -2.35. The molecule has 1 N–H and O–H groups in total. The summed E-state index contributed by atoms with van der Waals surface area (Å²) in [5.74, 6) is 2.06. The molecule has 0 spiro atoms. The maximum Gasteiger partial charge on any atom is 0.356 e. The molecule has 2 rings (SSSR count). The van der Waals surface area contributed by atoms with Crippen molar-refractivity contribution in [3.63, 3.8) is 0 Å². The van der Waals surface area contributed by atoms with Gasteiger partial charge >= 0.3 is 8.56 Å². The van der Waals surface area contributed by atoms with Crippen LogP contribution in [0.1, 0.15) is 37.9 Å². The highest BCUT2D eigenvalue weighted by atomic mass is 32.2. The molecule has 0 aliphatic heterocycles. The second-order valence-electron chi connectivity index (χ2n) is 5.27. The van der Waals surface area contributed by atoms with Crippen LogP contribution < -0.4 is 0 Å². The van der Waals surface area contributed by atoms with E-state index in [-0.39, 0.29) is 4.87 Å². The number of aromatic nitrogens is 2. The highest BCUT2D eigenvalue weighted by molar-refractivity contribution is 8.01. The van der Waals surface area contributed by atoms with E-state index in [1.165, 1.54) is 0 Å². The van der Waals surface area contributed by atoms with Gasteiger partial charge in [0.2, 0.25) is 0 Å². The fourth-order valence-electron chi connectivity index (χ4n) is 2.58. The maximum atomic E-state index is 6.12. The summed E-state index contributed by atoms with van der Waals surface area (Å²) in [4.78, 5) is 8.42. The fraction of sp³-hybridized carbons (Fsp3) is 0.562. The summed E-state index contributed by atoms with van der Waals surface area (Å²) in [6.45, 7) is 9.76. The third-order valence-electron chi connectivity index (χ3n) is 3.48. The molecule has 0 fully saturated rings. The van der Waals surface area contributed by atoms with Crippen molar-refractivity contribution in [2.75, 3.05) is 19.0 Å². The van der Waals surface area contributed by atoms with Gasteiger partial charge in [0.15, 0.2) is 0 Å². The van der Waals surface area contributed by atoms with E-state index in [0.29, 0.717) is 13.2 Å². The van der Waals surface area contributed by atoms with E-state index in [4.69, 9.17) is 13.8 Å². The lowest BCUT2D eigenvalue weighted by molar-refractivity contribution is 0.187. The molecule has 0 aliphatic carbocycles. The number of H-pyrrole nitrogens is 1. The number of hydrogen-bond acceptors (Lipinski definition) is 4. The molecule has 0 amide bonds. The predicted molar refractivity (Wildman–Crippen MR) is 96.5 cm³/mol. The molecular formula is C16H26N2O2SSi. The zero-order chi connectivity index (χ0) is 16.0. The number of benzene rings is 1. The summed E-state index contributed by atoms with van der Waals surface area (Å²) in [7, 11) is -2.35. The van der Waals surface area contributed by atoms with Crippen LogP contribution in [0.5, 0.6) is 0 Å². The molecule has 0 radical (unpaired) electrons. The Kier molecular flexibility index (Phi) is 6.49. The van der Waals surface area contributed by atoms with Crippen LogP contribution in [-0.4, -0.2) is 37.5 Å². The second kappa shape index (κ2) is 8.15. The lowest BCUT2D eigenvalue weighted by Crippen LogP contribution is -2.45. The third-order valence-corrected chi connectivity index (χ3v) is 9.42. The van der Waals surface area contributed by atoms with Crippen molar-refractivity contribution < 1.29 is 8.85 Å². The molecule has 0 aliphatic rings. The van der Waals surface area contributed by atoms with Crippen molar-refractivity contribution in [2.24, 2.45) is 0 Å². The molecule has 6 heteroatoms. The van der Waals surface area contributed by atoms with Crippen LogP contribution in [-0.2, 0) is 8.85 Å². The molecule has 1 atom stereocenters. The van der Waals surface area contributed by atoms with Crippen LogP contribution in [0.2, 0.25) is 6.55 Å². The number of fused-ring (bicyclic) bond motifs is 1. The van der Waals surface area contributed by atoms with Crippen LogP contribution >= 0.6 is 11.8 Å². The van der Waals surface area contributed by atoms with Gasteiger partial charge in [0, 0.05) is 13.2 Å². The molecule has 1 heterocycles. The first-order valence-corrected chi connectivity index (χ1v) is 11.4. The summed E-state index contributed by atoms with van der Waals surface area (Å²) >= 11 is 1.89. The van der Waals surface area contributed by atoms with Crippen molar-refractivity contribution >= 4 is 31.4 Å². The summed E-state index contributed by atoms with van der Waals surface area (Å²) < 4.78 is 12.2. The Morgan fingerprint density at radius 3 is 2.45 bits per heavy atom. The van der Waals surface area contributed by atoms with Crippen molar-refractivity contribution in [3.8, 4) is 0 Å². The first-order chi connectivity index (χ1) is 10.6. The zero-order valence-corrected chi connectivity index (χ0v) is 15.7. The van der Waals surface area contributed by atoms with Gasteiger partial charge in [-0.2, -0.15) is 0 Å². The molecule has 22 heavy (non-hydrogen) atoms. The highest BCUT2D eigenvalue weighted by Gasteiger charge is 2.44. The standard InChI is InChI=1S/C16H26N2O2SSi/c1-5-12-21-16(22(4,19-6-2)20-7-3)15-17-13-10-8-9-11-14(13)18-15/h8-11,16H,5-7,12H2,1-4H3,(H,17,18). The van der Waals surface area contributed by atoms with E-state index < -0.39 is 8.56 Å². The summed E-state index contributed by atoms with van der Waals surface area (Å²) in [6.07, 6.45) is 1.13. The average molecular weight is 339 g/mol. The Bertz CT molecular complexity index is 551. The van der Waals surface area contributed by atoms with E-state index in [0.717, 1.165) is 29.0 Å². The molecule has 1 aromatic carbocycles. The van der Waals surface area contributed by atoms with Crippen molar-refractivity contribution in [1.82, 2.24) is 9.97 Å². The predicted octanol–water partition coefficient (Wildman–Crippen LogP) is 4.43. The number of para-hydroxylation sites is 2. The van der Waals surface area contributed by atoms with Gasteiger partial charge in [0.25, 0.3) is 0 Å². The minimum absolute atomic E-state index is 0.153. The Balaban J connectivity index is 2.38. The van der Waals surface area contributed by atoms with Crippen LogP contribution in [0.4, 0.5) is 0 Å². The third kappa shape index (κ3) is 3.93. The van der Waals surface area contributed by atoms with Gasteiger partial charge in [-0.1, -0.05) is 19.1 Å². The van der Waals surface area contributed by atoms with Crippen LogP contribution in [0.3, 0.4) is 0 Å². The SMILES string of the molecule is CCCSC(c1nc2ccccc2[nH]1)[Si](C)(OCC)OCC. The van der Waals surface area contributed by atoms with Gasteiger partial charge in [0.05, 0.1) is 11.0 Å². The van der Waals surface area contributed by atoms with E-state index in [1.54, 1.807) is 0 Å². The summed E-state index contributed by atoms with van der Waals surface area (Å²) in [6, 6.07) is 8.15. The van der Waals surface area contributed by atoms with E-state index in [1.807, 2.05) is 43.8 Å². The average Bonchev–Trinajstić information content (AvgIpc) is 2.91. The molecule has 2 aromatic rings. The fourth-order valence-corrected chi connectivity index (χ4v) is 7.46. The first kappa shape index (κ1) is 17.5. The van der Waals surface area contributed by atoms with Crippen molar-refractivity contribution in [1.29, 1.82) is 0 Å². The molecule has 122 valence electrons. The van der Waals surface area contributed by atoms with Crippen LogP contribution in [0, 0.1) is 0 Å². The number of rotatable bonds is 9. The lowest BCUT2D eigenvalue weighted by Gasteiger charge is -2.32. The summed E-state index contributed by atoms with van der Waals surface area (Å²) in [5, 5.41) is 0. The van der Waals surface area contributed by atoms with Crippen molar-refractivity contribution in [2.45, 2.75) is 38.6 Å². The lowest BCUT2D eigenvalue weighted by atomic mass is 10.3. The maximum absolute atomic E-state index is 6.12. The van der Waals surface area contributed by atoms with E-state index in [2.05, 4.69) is 24.5 Å². The molecule has 4 nitrogen and oxygen atoms in total. The number of imidazole rings is 1. The van der Waals surface area contributed by atoms with Crippen LogP contribution in [0.15, 0.2) is 24.3 Å². The van der Waals surface area contributed by atoms with E-state index >= 15 is 0 Å². The summed E-state index contributed by atoms with van der Waals surface area (Å²) in [5.41, 5.74) is 2.08. The highest BCUT2D eigenvalue weighted by Crippen LogP contribution is 2.38. The van der Waals surface area contributed by atoms with Gasteiger partial charge in [-0.05, 0) is 44.7 Å². The smallest absolute Gasteiger partial charge is 0.356 e. The largest absolute Gasteiger partial charge is 0.394 e. The molecular weight excluding hydrogens is 312 g/mol. The normalized spacial score (nSPS) is 13.6. The quantitative estimate of drug-likeness (QED) is 0.687. The van der Waals surface area contributed by atoms with Gasteiger partial charge in [0.1, 0.15) is 10.7 Å². The van der Waals surface area contributed by atoms with Gasteiger partial charge in [-0.3, -0.25) is 0 Å².